The van der Waals surface area contributed by atoms with Gasteiger partial charge in [0.25, 0.3) is 0 Å². The maximum Gasteiger partial charge on any atom is 0.105 e. The Morgan fingerprint density at radius 2 is 1.83 bits per heavy atom. The second-order valence-corrected chi connectivity index (χ2v) is 12.0. The SMILES string of the molecule is CC1CCCC(C2C=CCCC2)C23CC(O)NCCC1(C)C2C1CCCCC1C3. The van der Waals surface area contributed by atoms with E-state index in [1.54, 1.807) is 0 Å². The van der Waals surface area contributed by atoms with Crippen molar-refractivity contribution in [3.63, 3.8) is 0 Å². The van der Waals surface area contributed by atoms with Gasteiger partial charge in [0.15, 0.2) is 0 Å². The molecule has 0 amide bonds. The number of rotatable bonds is 1. The molecule has 5 aliphatic rings. The first-order valence-electron chi connectivity index (χ1n) is 13.1. The third-order valence-corrected chi connectivity index (χ3v) is 10.8. The van der Waals surface area contributed by atoms with E-state index in [-0.39, 0.29) is 6.23 Å². The zero-order valence-electron chi connectivity index (χ0n) is 19.0. The summed E-state index contributed by atoms with van der Waals surface area (Å²) < 4.78 is 0. The molecule has 1 aliphatic heterocycles. The van der Waals surface area contributed by atoms with Crippen LogP contribution < -0.4 is 5.32 Å². The Hall–Kier alpha value is -0.340. The van der Waals surface area contributed by atoms with E-state index < -0.39 is 0 Å². The largest absolute Gasteiger partial charge is 0.379 e. The number of aliphatic hydroxyl groups excluding tert-OH is 1. The molecule has 2 heteroatoms. The van der Waals surface area contributed by atoms with Crippen molar-refractivity contribution in [3.05, 3.63) is 12.2 Å². The van der Waals surface area contributed by atoms with Gasteiger partial charge in [-0.05, 0) is 104 Å². The van der Waals surface area contributed by atoms with Gasteiger partial charge in [0.2, 0.25) is 0 Å². The molecule has 164 valence electrons. The maximum absolute atomic E-state index is 11.1. The van der Waals surface area contributed by atoms with E-state index in [2.05, 4.69) is 31.3 Å². The summed E-state index contributed by atoms with van der Waals surface area (Å²) in [7, 11) is 0. The summed E-state index contributed by atoms with van der Waals surface area (Å²) in [5.74, 6) is 5.04. The maximum atomic E-state index is 11.1. The van der Waals surface area contributed by atoms with Crippen LogP contribution in [0.2, 0.25) is 0 Å². The normalized spacial score (nSPS) is 53.1. The van der Waals surface area contributed by atoms with Gasteiger partial charge in [0.05, 0.1) is 0 Å². The minimum Gasteiger partial charge on any atom is -0.379 e. The average molecular weight is 400 g/mol. The van der Waals surface area contributed by atoms with Crippen molar-refractivity contribution in [1.82, 2.24) is 5.32 Å². The lowest BCUT2D eigenvalue weighted by Crippen LogP contribution is -2.56. The molecule has 9 atom stereocenters. The number of nitrogens with one attached hydrogen (secondary N) is 1. The van der Waals surface area contributed by atoms with Crippen LogP contribution in [0.1, 0.15) is 97.3 Å². The van der Waals surface area contributed by atoms with Gasteiger partial charge in [-0.3, -0.25) is 5.32 Å². The van der Waals surface area contributed by atoms with Crippen molar-refractivity contribution in [2.45, 2.75) is 104 Å². The number of aliphatic hydroxyl groups is 1. The Kier molecular flexibility index (Phi) is 5.65. The predicted octanol–water partition coefficient (Wildman–Crippen LogP) is 6.30. The van der Waals surface area contributed by atoms with Gasteiger partial charge in [-0.25, -0.2) is 0 Å². The number of fused-ring (bicyclic) bond motifs is 1. The molecule has 0 spiro atoms. The second kappa shape index (κ2) is 7.97. The highest BCUT2D eigenvalue weighted by molar-refractivity contribution is 5.15. The number of hydrogen-bond acceptors (Lipinski definition) is 2. The molecule has 5 rings (SSSR count). The Morgan fingerprint density at radius 3 is 2.66 bits per heavy atom. The molecule has 0 aromatic heterocycles. The lowest BCUT2D eigenvalue weighted by Gasteiger charge is -2.59. The fourth-order valence-electron chi connectivity index (χ4n) is 9.58. The number of allylic oxidation sites excluding steroid dienone is 2. The molecule has 1 saturated heterocycles. The van der Waals surface area contributed by atoms with Gasteiger partial charge in [-0.15, -0.1) is 0 Å². The van der Waals surface area contributed by atoms with Gasteiger partial charge in [-0.1, -0.05) is 58.1 Å². The fraction of sp³-hybridized carbons (Fsp3) is 0.926. The smallest absolute Gasteiger partial charge is 0.105 e. The first-order chi connectivity index (χ1) is 14.0. The van der Waals surface area contributed by atoms with Gasteiger partial charge >= 0.3 is 0 Å². The molecule has 4 aliphatic carbocycles. The van der Waals surface area contributed by atoms with Crippen molar-refractivity contribution >= 4 is 0 Å². The molecular formula is C27H45NO. The molecule has 29 heavy (non-hydrogen) atoms. The zero-order valence-corrected chi connectivity index (χ0v) is 19.0. The van der Waals surface area contributed by atoms with E-state index >= 15 is 0 Å². The Labute approximate surface area is 179 Å². The molecule has 4 fully saturated rings. The lowest BCUT2D eigenvalue weighted by atomic mass is 9.47. The molecule has 9 unspecified atom stereocenters. The first-order valence-corrected chi connectivity index (χ1v) is 13.1. The van der Waals surface area contributed by atoms with Crippen LogP contribution in [-0.2, 0) is 0 Å². The van der Waals surface area contributed by atoms with Crippen LogP contribution in [0.25, 0.3) is 0 Å². The van der Waals surface area contributed by atoms with Crippen LogP contribution in [0, 0.1) is 46.3 Å². The summed E-state index contributed by atoms with van der Waals surface area (Å²) in [6.07, 6.45) is 22.6. The highest BCUT2D eigenvalue weighted by Gasteiger charge is 2.64. The number of hydrogen-bond donors (Lipinski definition) is 2. The molecular weight excluding hydrogens is 354 g/mol. The van der Waals surface area contributed by atoms with Gasteiger partial charge in [-0.2, -0.15) is 0 Å². The lowest BCUT2D eigenvalue weighted by molar-refractivity contribution is -0.114. The van der Waals surface area contributed by atoms with Gasteiger partial charge in [0, 0.05) is 0 Å². The van der Waals surface area contributed by atoms with Crippen LogP contribution in [0.4, 0.5) is 0 Å². The van der Waals surface area contributed by atoms with Gasteiger partial charge in [0.1, 0.15) is 6.23 Å². The highest BCUT2D eigenvalue weighted by atomic mass is 16.3. The monoisotopic (exact) mass is 399 g/mol. The van der Waals surface area contributed by atoms with Crippen LogP contribution >= 0.6 is 0 Å². The fourth-order valence-corrected chi connectivity index (χ4v) is 9.58. The summed E-state index contributed by atoms with van der Waals surface area (Å²) in [5, 5.41) is 14.7. The van der Waals surface area contributed by atoms with Crippen molar-refractivity contribution in [1.29, 1.82) is 0 Å². The van der Waals surface area contributed by atoms with Crippen molar-refractivity contribution in [2.24, 2.45) is 46.3 Å². The summed E-state index contributed by atoms with van der Waals surface area (Å²) in [6.45, 7) is 6.27. The standard InChI is InChI=1S/C27H45NO/c1-19-9-8-14-23(20-10-4-3-5-11-20)27-17-21-12-6-7-13-22(21)25(27)26(19,2)15-16-28-24(29)18-27/h4,10,19-25,28-29H,3,5-9,11-18H2,1-2H3. The summed E-state index contributed by atoms with van der Waals surface area (Å²) >= 11 is 0. The molecule has 2 nitrogen and oxygen atoms in total. The van der Waals surface area contributed by atoms with Crippen molar-refractivity contribution in [2.75, 3.05) is 6.54 Å². The minimum atomic E-state index is -0.299. The van der Waals surface area contributed by atoms with E-state index in [0.29, 0.717) is 10.8 Å². The summed E-state index contributed by atoms with van der Waals surface area (Å²) in [6, 6.07) is 0. The highest BCUT2D eigenvalue weighted by Crippen LogP contribution is 2.70. The average Bonchev–Trinajstić information content (AvgIpc) is 3.03. The Morgan fingerprint density at radius 1 is 0.966 bits per heavy atom. The summed E-state index contributed by atoms with van der Waals surface area (Å²) in [4.78, 5) is 0. The topological polar surface area (TPSA) is 32.3 Å². The van der Waals surface area contributed by atoms with E-state index in [9.17, 15) is 5.11 Å². The van der Waals surface area contributed by atoms with Crippen LogP contribution in [0.5, 0.6) is 0 Å². The zero-order chi connectivity index (χ0) is 20.1. The summed E-state index contributed by atoms with van der Waals surface area (Å²) in [5.41, 5.74) is 0.781. The van der Waals surface area contributed by atoms with Gasteiger partial charge < -0.3 is 5.11 Å². The molecule has 0 radical (unpaired) electrons. The molecule has 2 bridgehead atoms. The second-order valence-electron chi connectivity index (χ2n) is 12.0. The van der Waals surface area contributed by atoms with Crippen LogP contribution in [-0.4, -0.2) is 17.9 Å². The van der Waals surface area contributed by atoms with Crippen LogP contribution in [0.15, 0.2) is 12.2 Å². The molecule has 1 heterocycles. The van der Waals surface area contributed by atoms with E-state index in [1.165, 1.54) is 77.0 Å². The molecule has 0 aromatic carbocycles. The van der Waals surface area contributed by atoms with Crippen molar-refractivity contribution in [3.8, 4) is 0 Å². The third kappa shape index (κ3) is 3.36. The van der Waals surface area contributed by atoms with Crippen molar-refractivity contribution < 1.29 is 5.11 Å². The van der Waals surface area contributed by atoms with E-state index in [0.717, 1.165) is 48.5 Å². The molecule has 3 saturated carbocycles. The Balaban J connectivity index is 1.65. The molecule has 0 aromatic rings. The minimum absolute atomic E-state index is 0.299. The molecule has 2 N–H and O–H groups in total. The van der Waals surface area contributed by atoms with Crippen LogP contribution in [0.3, 0.4) is 0 Å². The Bertz CT molecular complexity index is 616. The van der Waals surface area contributed by atoms with E-state index in [1.807, 2.05) is 0 Å². The third-order valence-electron chi connectivity index (χ3n) is 10.8. The van der Waals surface area contributed by atoms with E-state index in [4.69, 9.17) is 0 Å². The predicted molar refractivity (Wildman–Crippen MR) is 120 cm³/mol. The quantitative estimate of drug-likeness (QED) is 0.507. The first kappa shape index (κ1) is 20.6.